The first kappa shape index (κ1) is 19.4. The van der Waals surface area contributed by atoms with Gasteiger partial charge >= 0.3 is 0 Å². The molecular weight excluding hydrogens is 292 g/mol. The maximum atomic E-state index is 9.94. The van der Waals surface area contributed by atoms with E-state index in [1.165, 1.54) is 64.2 Å². The predicted octanol–water partition coefficient (Wildman–Crippen LogP) is 7.07. The van der Waals surface area contributed by atoms with E-state index in [0.717, 1.165) is 29.0 Å². The Morgan fingerprint density at radius 2 is 1.14 bits per heavy atom. The van der Waals surface area contributed by atoms with Crippen LogP contribution in [0.2, 0.25) is 5.02 Å². The van der Waals surface area contributed by atoms with Crippen LogP contribution in [0.25, 0.3) is 0 Å². The van der Waals surface area contributed by atoms with Crippen LogP contribution < -0.4 is 0 Å². The number of hydrogen-bond donors (Lipinski definition) is 1. The Morgan fingerprint density at radius 1 is 0.727 bits per heavy atom. The van der Waals surface area contributed by atoms with Crippen molar-refractivity contribution in [2.75, 3.05) is 0 Å². The molecule has 0 amide bonds. The van der Waals surface area contributed by atoms with Crippen molar-refractivity contribution in [2.45, 2.75) is 90.9 Å². The van der Waals surface area contributed by atoms with Crippen LogP contribution >= 0.6 is 11.6 Å². The average Bonchev–Trinajstić information content (AvgIpc) is 2.50. The highest BCUT2D eigenvalue weighted by atomic mass is 35.5. The van der Waals surface area contributed by atoms with E-state index >= 15 is 0 Å². The molecule has 0 aliphatic heterocycles. The maximum absolute atomic E-state index is 9.94. The van der Waals surface area contributed by atoms with Gasteiger partial charge in [0.25, 0.3) is 0 Å². The van der Waals surface area contributed by atoms with Crippen molar-refractivity contribution in [1.29, 1.82) is 0 Å². The lowest BCUT2D eigenvalue weighted by Crippen LogP contribution is -1.94. The Kier molecular flexibility index (Phi) is 10.4. The van der Waals surface area contributed by atoms with Gasteiger partial charge in [-0.25, -0.2) is 0 Å². The summed E-state index contributed by atoms with van der Waals surface area (Å²) in [7, 11) is 0. The molecule has 0 aliphatic rings. The van der Waals surface area contributed by atoms with Gasteiger partial charge in [-0.3, -0.25) is 0 Å². The van der Waals surface area contributed by atoms with Crippen LogP contribution in [0.1, 0.15) is 89.2 Å². The van der Waals surface area contributed by atoms with E-state index in [4.69, 9.17) is 11.6 Å². The lowest BCUT2D eigenvalue weighted by molar-refractivity contribution is 0.473. The number of benzene rings is 1. The van der Waals surface area contributed by atoms with Crippen LogP contribution in [0.5, 0.6) is 5.75 Å². The number of hydrogen-bond acceptors (Lipinski definition) is 1. The van der Waals surface area contributed by atoms with E-state index in [9.17, 15) is 5.11 Å². The summed E-state index contributed by atoms with van der Waals surface area (Å²) in [5, 5.41) is 10.8. The van der Waals surface area contributed by atoms with Crippen molar-refractivity contribution >= 4 is 11.6 Å². The molecule has 126 valence electrons. The summed E-state index contributed by atoms with van der Waals surface area (Å²) < 4.78 is 0. The molecule has 0 heterocycles. The van der Waals surface area contributed by atoms with Gasteiger partial charge in [-0.2, -0.15) is 0 Å². The molecule has 0 unspecified atom stereocenters. The van der Waals surface area contributed by atoms with Crippen molar-refractivity contribution in [2.24, 2.45) is 0 Å². The summed E-state index contributed by atoms with van der Waals surface area (Å²) in [6.45, 7) is 4.47. The summed E-state index contributed by atoms with van der Waals surface area (Å²) in [6.07, 6.45) is 14.6. The molecule has 2 heteroatoms. The topological polar surface area (TPSA) is 20.2 Å². The summed E-state index contributed by atoms with van der Waals surface area (Å²) in [4.78, 5) is 0. The van der Waals surface area contributed by atoms with E-state index in [1.807, 2.05) is 12.1 Å². The molecule has 0 bridgehead atoms. The summed E-state index contributed by atoms with van der Waals surface area (Å²) in [5.74, 6) is 0.372. The monoisotopic (exact) mass is 324 g/mol. The quantitative estimate of drug-likeness (QED) is 0.407. The van der Waals surface area contributed by atoms with Crippen LogP contribution in [0.15, 0.2) is 12.1 Å². The fraction of sp³-hybridized carbons (Fsp3) is 0.700. The molecule has 1 nitrogen and oxygen atoms in total. The molecule has 0 saturated heterocycles. The highest BCUT2D eigenvalue weighted by Gasteiger charge is 2.09. The molecule has 0 spiro atoms. The van der Waals surface area contributed by atoms with Gasteiger partial charge in [0.05, 0.1) is 0 Å². The highest BCUT2D eigenvalue weighted by molar-refractivity contribution is 6.32. The molecule has 1 aromatic rings. The Bertz CT molecular complexity index is 379. The first-order valence-electron chi connectivity index (χ1n) is 9.19. The van der Waals surface area contributed by atoms with Crippen LogP contribution in [0.3, 0.4) is 0 Å². The van der Waals surface area contributed by atoms with Crippen molar-refractivity contribution in [3.8, 4) is 5.75 Å². The smallest absolute Gasteiger partial charge is 0.116 e. The van der Waals surface area contributed by atoms with E-state index in [-0.39, 0.29) is 0 Å². The molecule has 1 aromatic carbocycles. The van der Waals surface area contributed by atoms with Gasteiger partial charge in [-0.15, -0.1) is 0 Å². The molecule has 0 fully saturated rings. The second kappa shape index (κ2) is 11.8. The Balaban J connectivity index is 2.48. The molecule has 1 N–H and O–H groups in total. The summed E-state index contributed by atoms with van der Waals surface area (Å²) in [6, 6.07) is 3.70. The Labute approximate surface area is 142 Å². The molecule has 0 aliphatic carbocycles. The number of halogens is 1. The van der Waals surface area contributed by atoms with Gasteiger partial charge in [0.1, 0.15) is 5.75 Å². The normalized spacial score (nSPS) is 11.0. The largest absolute Gasteiger partial charge is 0.508 e. The van der Waals surface area contributed by atoms with Gasteiger partial charge in [0, 0.05) is 5.02 Å². The zero-order valence-corrected chi connectivity index (χ0v) is 15.2. The second-order valence-corrected chi connectivity index (χ2v) is 6.78. The van der Waals surface area contributed by atoms with Gasteiger partial charge in [-0.05, 0) is 48.9 Å². The van der Waals surface area contributed by atoms with Crippen LogP contribution in [-0.2, 0) is 12.8 Å². The van der Waals surface area contributed by atoms with Gasteiger partial charge in [-0.1, -0.05) is 76.8 Å². The third-order valence-electron chi connectivity index (χ3n) is 4.31. The first-order chi connectivity index (χ1) is 10.7. The lowest BCUT2D eigenvalue weighted by atomic mass is 9.99. The third kappa shape index (κ3) is 7.54. The minimum absolute atomic E-state index is 0.372. The minimum atomic E-state index is 0.372. The molecule has 1 rings (SSSR count). The van der Waals surface area contributed by atoms with Crippen molar-refractivity contribution < 1.29 is 5.11 Å². The zero-order valence-electron chi connectivity index (χ0n) is 14.5. The number of unbranched alkanes of at least 4 members (excludes halogenated alkanes) is 8. The van der Waals surface area contributed by atoms with Crippen molar-refractivity contribution in [1.82, 2.24) is 0 Å². The first-order valence-corrected chi connectivity index (χ1v) is 9.57. The highest BCUT2D eigenvalue weighted by Crippen LogP contribution is 2.29. The van der Waals surface area contributed by atoms with E-state index in [1.54, 1.807) is 0 Å². The molecule has 0 aromatic heterocycles. The Hall–Kier alpha value is -0.690. The van der Waals surface area contributed by atoms with Crippen LogP contribution in [0.4, 0.5) is 0 Å². The van der Waals surface area contributed by atoms with Crippen LogP contribution in [0, 0.1) is 0 Å². The van der Waals surface area contributed by atoms with Gasteiger partial charge in [0.15, 0.2) is 0 Å². The number of aromatic hydroxyl groups is 1. The van der Waals surface area contributed by atoms with Crippen molar-refractivity contribution in [3.63, 3.8) is 0 Å². The lowest BCUT2D eigenvalue weighted by Gasteiger charge is -2.11. The molecule has 0 saturated carbocycles. The molecular formula is C20H33ClO. The number of phenols is 1. The van der Waals surface area contributed by atoms with Gasteiger partial charge < -0.3 is 5.11 Å². The maximum Gasteiger partial charge on any atom is 0.116 e. The van der Waals surface area contributed by atoms with Crippen LogP contribution in [-0.4, -0.2) is 5.11 Å². The number of phenolic OH excluding ortho intramolecular Hbond substituents is 1. The summed E-state index contributed by atoms with van der Waals surface area (Å²) in [5.41, 5.74) is 2.25. The van der Waals surface area contributed by atoms with E-state index < -0.39 is 0 Å². The molecule has 0 radical (unpaired) electrons. The summed E-state index contributed by atoms with van der Waals surface area (Å²) >= 11 is 6.55. The fourth-order valence-electron chi connectivity index (χ4n) is 2.93. The van der Waals surface area contributed by atoms with E-state index in [2.05, 4.69) is 13.8 Å². The average molecular weight is 325 g/mol. The number of aryl methyl sites for hydroxylation is 2. The van der Waals surface area contributed by atoms with Gasteiger partial charge in [0.2, 0.25) is 0 Å². The third-order valence-corrected chi connectivity index (χ3v) is 4.79. The zero-order chi connectivity index (χ0) is 16.2. The van der Waals surface area contributed by atoms with Crippen molar-refractivity contribution in [3.05, 3.63) is 28.3 Å². The molecule has 22 heavy (non-hydrogen) atoms. The fourth-order valence-corrected chi connectivity index (χ4v) is 3.23. The standard InChI is InChI=1S/C20H33ClO/c1-3-5-7-9-11-13-17-15-19(22)16-18(20(17)21)14-12-10-8-6-4-2/h15-16,22H,3-14H2,1-2H3. The number of rotatable bonds is 12. The minimum Gasteiger partial charge on any atom is -0.508 e. The predicted molar refractivity (Wildman–Crippen MR) is 98.0 cm³/mol. The second-order valence-electron chi connectivity index (χ2n) is 6.41. The SMILES string of the molecule is CCCCCCCc1cc(O)cc(CCCCCCC)c1Cl. The Morgan fingerprint density at radius 3 is 1.55 bits per heavy atom. The van der Waals surface area contributed by atoms with E-state index in [0.29, 0.717) is 5.75 Å². The molecule has 0 atom stereocenters.